The number of amides is 1. The molecule has 0 saturated heterocycles. The van der Waals surface area contributed by atoms with Gasteiger partial charge < -0.3 is 24.7 Å². The standard InChI is InChI=1S/C14H13NO6/c1-19-10-4-9(13(15)16)5-11(6-10)21-7-8-2-3-20-12(8)14(17)18/h2-6H,7H2,1H3,(H2,15,16)(H,17,18). The Morgan fingerprint density at radius 2 is 2.00 bits per heavy atom. The van der Waals surface area contributed by atoms with E-state index in [9.17, 15) is 9.59 Å². The first-order valence-electron chi connectivity index (χ1n) is 5.92. The second-order valence-electron chi connectivity index (χ2n) is 4.13. The van der Waals surface area contributed by atoms with Gasteiger partial charge in [0.2, 0.25) is 11.7 Å². The first-order valence-corrected chi connectivity index (χ1v) is 5.92. The number of furan rings is 1. The van der Waals surface area contributed by atoms with Crippen molar-refractivity contribution in [1.82, 2.24) is 0 Å². The Balaban J connectivity index is 2.19. The Kier molecular flexibility index (Phi) is 4.13. The van der Waals surface area contributed by atoms with Crippen LogP contribution in [0.15, 0.2) is 34.9 Å². The Morgan fingerprint density at radius 1 is 1.29 bits per heavy atom. The van der Waals surface area contributed by atoms with E-state index in [0.29, 0.717) is 17.1 Å². The molecule has 1 heterocycles. The van der Waals surface area contributed by atoms with Gasteiger partial charge in [0, 0.05) is 17.2 Å². The van der Waals surface area contributed by atoms with Crippen molar-refractivity contribution >= 4 is 11.9 Å². The molecule has 110 valence electrons. The van der Waals surface area contributed by atoms with Crippen LogP contribution in [0.2, 0.25) is 0 Å². The monoisotopic (exact) mass is 291 g/mol. The second-order valence-corrected chi connectivity index (χ2v) is 4.13. The molecule has 1 aromatic carbocycles. The van der Waals surface area contributed by atoms with Crippen LogP contribution in [0, 0.1) is 0 Å². The highest BCUT2D eigenvalue weighted by Crippen LogP contribution is 2.24. The summed E-state index contributed by atoms with van der Waals surface area (Å²) in [7, 11) is 1.45. The predicted octanol–water partition coefficient (Wildman–Crippen LogP) is 1.66. The van der Waals surface area contributed by atoms with E-state index in [1.807, 2.05) is 0 Å². The van der Waals surface area contributed by atoms with Gasteiger partial charge in [0.15, 0.2) is 0 Å². The maximum absolute atomic E-state index is 11.2. The van der Waals surface area contributed by atoms with Crippen molar-refractivity contribution in [2.24, 2.45) is 5.73 Å². The lowest BCUT2D eigenvalue weighted by Gasteiger charge is -2.09. The number of aromatic carboxylic acids is 1. The molecule has 0 fully saturated rings. The number of nitrogens with two attached hydrogens (primary N) is 1. The molecule has 0 aliphatic carbocycles. The first-order chi connectivity index (χ1) is 10.0. The lowest BCUT2D eigenvalue weighted by molar-refractivity contribution is 0.0658. The molecule has 21 heavy (non-hydrogen) atoms. The Bertz CT molecular complexity index is 676. The number of rotatable bonds is 6. The number of methoxy groups -OCH3 is 1. The number of ether oxygens (including phenoxy) is 2. The molecule has 3 N–H and O–H groups in total. The van der Waals surface area contributed by atoms with Crippen LogP contribution in [-0.4, -0.2) is 24.1 Å². The zero-order valence-electron chi connectivity index (χ0n) is 11.2. The van der Waals surface area contributed by atoms with Gasteiger partial charge in [-0.3, -0.25) is 4.79 Å². The van der Waals surface area contributed by atoms with Gasteiger partial charge in [-0.2, -0.15) is 0 Å². The molecule has 1 amide bonds. The maximum Gasteiger partial charge on any atom is 0.372 e. The Hall–Kier alpha value is -2.96. The summed E-state index contributed by atoms with van der Waals surface area (Å²) in [6.45, 7) is -0.0243. The van der Waals surface area contributed by atoms with Crippen molar-refractivity contribution in [2.45, 2.75) is 6.61 Å². The number of hydrogen-bond acceptors (Lipinski definition) is 5. The molecule has 0 saturated carbocycles. The molecule has 0 unspecified atom stereocenters. The Morgan fingerprint density at radius 3 is 2.62 bits per heavy atom. The molecule has 2 aromatic rings. The van der Waals surface area contributed by atoms with Crippen molar-refractivity contribution in [2.75, 3.05) is 7.11 Å². The summed E-state index contributed by atoms with van der Waals surface area (Å²) < 4.78 is 15.4. The minimum atomic E-state index is -1.18. The number of benzene rings is 1. The van der Waals surface area contributed by atoms with E-state index in [4.69, 9.17) is 24.7 Å². The largest absolute Gasteiger partial charge is 0.497 e. The quantitative estimate of drug-likeness (QED) is 0.837. The van der Waals surface area contributed by atoms with Crippen LogP contribution in [0.25, 0.3) is 0 Å². The van der Waals surface area contributed by atoms with Crippen LogP contribution in [0.1, 0.15) is 26.5 Å². The van der Waals surface area contributed by atoms with Crippen LogP contribution in [0.4, 0.5) is 0 Å². The van der Waals surface area contributed by atoms with E-state index in [2.05, 4.69) is 0 Å². The third-order valence-corrected chi connectivity index (χ3v) is 2.74. The van der Waals surface area contributed by atoms with Crippen molar-refractivity contribution in [1.29, 1.82) is 0 Å². The molecule has 1 aromatic heterocycles. The molecular weight excluding hydrogens is 278 g/mol. The molecule has 0 aliphatic heterocycles. The van der Waals surface area contributed by atoms with Crippen LogP contribution in [-0.2, 0) is 6.61 Å². The van der Waals surface area contributed by atoms with Crippen LogP contribution in [0.3, 0.4) is 0 Å². The van der Waals surface area contributed by atoms with E-state index in [-0.39, 0.29) is 17.9 Å². The molecular formula is C14H13NO6. The summed E-state index contributed by atoms with van der Waals surface area (Å²) in [5.41, 5.74) is 5.83. The van der Waals surface area contributed by atoms with Crippen LogP contribution >= 0.6 is 0 Å². The second kappa shape index (κ2) is 6.00. The number of carboxylic acids is 1. The first kappa shape index (κ1) is 14.4. The minimum absolute atomic E-state index is 0.0243. The van der Waals surface area contributed by atoms with E-state index in [0.717, 1.165) is 0 Å². The zero-order valence-corrected chi connectivity index (χ0v) is 11.2. The lowest BCUT2D eigenvalue weighted by atomic mass is 10.2. The van der Waals surface area contributed by atoms with Gasteiger partial charge in [0.05, 0.1) is 13.4 Å². The maximum atomic E-state index is 11.2. The molecule has 7 nitrogen and oxygen atoms in total. The Labute approximate surface area is 119 Å². The number of carbonyl (C=O) groups excluding carboxylic acids is 1. The van der Waals surface area contributed by atoms with Gasteiger partial charge >= 0.3 is 5.97 Å². The molecule has 0 atom stereocenters. The van der Waals surface area contributed by atoms with Gasteiger partial charge in [-0.05, 0) is 18.2 Å². The molecule has 0 spiro atoms. The summed E-state index contributed by atoms with van der Waals surface area (Å²) in [5, 5.41) is 8.92. The number of hydrogen-bond donors (Lipinski definition) is 2. The predicted molar refractivity (Wildman–Crippen MR) is 71.5 cm³/mol. The summed E-state index contributed by atoms with van der Waals surface area (Å²) in [6, 6.07) is 5.99. The molecule has 0 aliphatic rings. The van der Waals surface area contributed by atoms with Gasteiger partial charge in [0.25, 0.3) is 0 Å². The van der Waals surface area contributed by atoms with E-state index >= 15 is 0 Å². The number of primary amides is 1. The fourth-order valence-electron chi connectivity index (χ4n) is 1.71. The summed E-state index contributed by atoms with van der Waals surface area (Å²) in [5.74, 6) is -1.24. The topological polar surface area (TPSA) is 112 Å². The average molecular weight is 291 g/mol. The molecule has 2 rings (SSSR count). The van der Waals surface area contributed by atoms with Crippen molar-refractivity contribution in [3.05, 3.63) is 47.4 Å². The summed E-state index contributed by atoms with van der Waals surface area (Å²) in [6.07, 6.45) is 1.27. The van der Waals surface area contributed by atoms with Crippen LogP contribution < -0.4 is 15.2 Å². The normalized spacial score (nSPS) is 10.1. The highest BCUT2D eigenvalue weighted by Gasteiger charge is 2.15. The highest BCUT2D eigenvalue weighted by molar-refractivity contribution is 5.93. The van der Waals surface area contributed by atoms with Gasteiger partial charge in [0.1, 0.15) is 18.1 Å². The fourth-order valence-corrected chi connectivity index (χ4v) is 1.71. The zero-order chi connectivity index (χ0) is 15.4. The third-order valence-electron chi connectivity index (χ3n) is 2.74. The molecule has 7 heteroatoms. The van der Waals surface area contributed by atoms with Crippen molar-refractivity contribution < 1.29 is 28.6 Å². The van der Waals surface area contributed by atoms with E-state index in [1.165, 1.54) is 31.6 Å². The highest BCUT2D eigenvalue weighted by atomic mass is 16.5. The van der Waals surface area contributed by atoms with Crippen molar-refractivity contribution in [3.8, 4) is 11.5 Å². The SMILES string of the molecule is COc1cc(OCc2ccoc2C(=O)O)cc(C(N)=O)c1. The van der Waals surface area contributed by atoms with E-state index < -0.39 is 11.9 Å². The average Bonchev–Trinajstić information content (AvgIpc) is 2.93. The lowest BCUT2D eigenvalue weighted by Crippen LogP contribution is -2.11. The molecule has 0 bridgehead atoms. The minimum Gasteiger partial charge on any atom is -0.497 e. The smallest absolute Gasteiger partial charge is 0.372 e. The van der Waals surface area contributed by atoms with Gasteiger partial charge in [-0.25, -0.2) is 4.79 Å². The third kappa shape index (κ3) is 3.33. The van der Waals surface area contributed by atoms with Crippen LogP contribution in [0.5, 0.6) is 11.5 Å². The summed E-state index contributed by atoms with van der Waals surface area (Å²) in [4.78, 5) is 22.1. The molecule has 0 radical (unpaired) electrons. The van der Waals surface area contributed by atoms with Crippen molar-refractivity contribution in [3.63, 3.8) is 0 Å². The van der Waals surface area contributed by atoms with E-state index in [1.54, 1.807) is 6.07 Å². The van der Waals surface area contributed by atoms with Gasteiger partial charge in [-0.15, -0.1) is 0 Å². The van der Waals surface area contributed by atoms with Gasteiger partial charge in [-0.1, -0.05) is 0 Å². The number of carbonyl (C=O) groups is 2. The number of carboxylic acid groups (broad SMARTS) is 1. The summed E-state index contributed by atoms with van der Waals surface area (Å²) >= 11 is 0. The fraction of sp³-hybridized carbons (Fsp3) is 0.143.